The van der Waals surface area contributed by atoms with Gasteiger partial charge in [0.2, 0.25) is 5.91 Å². The molecule has 35 heavy (non-hydrogen) atoms. The van der Waals surface area contributed by atoms with E-state index >= 15 is 0 Å². The third kappa shape index (κ3) is 5.87. The van der Waals surface area contributed by atoms with Crippen molar-refractivity contribution in [3.8, 4) is 0 Å². The number of rotatable bonds is 7. The van der Waals surface area contributed by atoms with Gasteiger partial charge in [0.05, 0.1) is 19.3 Å². The number of ether oxygens (including phenoxy) is 1. The molecule has 1 aliphatic heterocycles. The summed E-state index contributed by atoms with van der Waals surface area (Å²) in [6, 6.07) is 5.31. The molecule has 2 saturated carbocycles. The lowest BCUT2D eigenvalue weighted by molar-refractivity contribution is -0.142. The van der Waals surface area contributed by atoms with Gasteiger partial charge in [0.15, 0.2) is 0 Å². The van der Waals surface area contributed by atoms with Crippen molar-refractivity contribution in [2.75, 3.05) is 39.4 Å². The van der Waals surface area contributed by atoms with Crippen molar-refractivity contribution in [3.05, 3.63) is 30.1 Å². The topological polar surface area (TPSA) is 104 Å². The van der Waals surface area contributed by atoms with E-state index in [1.807, 2.05) is 13.0 Å². The van der Waals surface area contributed by atoms with Crippen LogP contribution in [-0.4, -0.2) is 78.3 Å². The van der Waals surface area contributed by atoms with Gasteiger partial charge in [0.25, 0.3) is 5.91 Å². The number of fused-ring (bicyclic) bond motifs is 1. The van der Waals surface area contributed by atoms with Gasteiger partial charge in [-0.1, -0.05) is 26.8 Å². The van der Waals surface area contributed by atoms with E-state index in [4.69, 9.17) is 4.74 Å². The molecule has 0 radical (unpaired) electrons. The summed E-state index contributed by atoms with van der Waals surface area (Å²) in [7, 11) is 0. The highest BCUT2D eigenvalue weighted by atomic mass is 16.5. The van der Waals surface area contributed by atoms with Crippen LogP contribution in [0.1, 0.15) is 56.9 Å². The molecule has 3 unspecified atom stereocenters. The molecule has 8 heteroatoms. The van der Waals surface area contributed by atoms with Crippen LogP contribution in [-0.2, 0) is 9.53 Å². The first kappa shape index (κ1) is 26.0. The number of hydrogen-bond acceptors (Lipinski definition) is 6. The highest BCUT2D eigenvalue weighted by Gasteiger charge is 2.53. The summed E-state index contributed by atoms with van der Waals surface area (Å²) < 4.78 is 5.38. The lowest BCUT2D eigenvalue weighted by Crippen LogP contribution is -2.58. The molecule has 2 heterocycles. The SMILES string of the molecule is C[C@@H]1C(NC(=O)c2ccccn2)CCC2(C)CC[C@H]([C@H](C)C(=O)NCCN3CCOCC3)[C@H](O)C12. The van der Waals surface area contributed by atoms with Crippen molar-refractivity contribution in [2.24, 2.45) is 29.1 Å². The van der Waals surface area contributed by atoms with Gasteiger partial charge in [-0.15, -0.1) is 0 Å². The van der Waals surface area contributed by atoms with Gasteiger partial charge in [-0.2, -0.15) is 0 Å². The Morgan fingerprint density at radius 2 is 2.00 bits per heavy atom. The number of amides is 2. The minimum absolute atomic E-state index is 0.0198. The van der Waals surface area contributed by atoms with Crippen LogP contribution in [0.2, 0.25) is 0 Å². The van der Waals surface area contributed by atoms with Crippen molar-refractivity contribution >= 4 is 11.8 Å². The van der Waals surface area contributed by atoms with Gasteiger partial charge in [-0.05, 0) is 61.0 Å². The predicted octanol–water partition coefficient (Wildman–Crippen LogP) is 2.09. The maximum absolute atomic E-state index is 13.0. The molecule has 2 amide bonds. The van der Waals surface area contributed by atoms with E-state index in [1.54, 1.807) is 18.3 Å². The second-order valence-corrected chi connectivity index (χ2v) is 11.1. The van der Waals surface area contributed by atoms with Gasteiger partial charge in [0, 0.05) is 44.3 Å². The molecule has 0 spiro atoms. The zero-order valence-electron chi connectivity index (χ0n) is 21.4. The van der Waals surface area contributed by atoms with Crippen LogP contribution < -0.4 is 10.6 Å². The first-order chi connectivity index (χ1) is 16.8. The Hall–Kier alpha value is -2.03. The van der Waals surface area contributed by atoms with Crippen molar-refractivity contribution in [1.29, 1.82) is 0 Å². The van der Waals surface area contributed by atoms with Crippen molar-refractivity contribution in [3.63, 3.8) is 0 Å². The lowest BCUT2D eigenvalue weighted by Gasteiger charge is -2.56. The molecule has 1 saturated heterocycles. The molecule has 3 aliphatic rings. The molecule has 0 aromatic carbocycles. The number of nitrogens with zero attached hydrogens (tertiary/aromatic N) is 2. The Kier molecular flexibility index (Phi) is 8.45. The van der Waals surface area contributed by atoms with E-state index in [1.165, 1.54) is 0 Å². The number of morpholine rings is 1. The summed E-state index contributed by atoms with van der Waals surface area (Å²) in [5.41, 5.74) is 0.436. The number of hydrogen-bond donors (Lipinski definition) is 3. The number of aliphatic hydroxyl groups is 1. The molecule has 1 aromatic rings. The van der Waals surface area contributed by atoms with E-state index in [0.717, 1.165) is 58.5 Å². The molecular weight excluding hydrogens is 444 g/mol. The minimum Gasteiger partial charge on any atom is -0.392 e. The average Bonchev–Trinajstić information content (AvgIpc) is 2.86. The zero-order valence-corrected chi connectivity index (χ0v) is 21.4. The van der Waals surface area contributed by atoms with Crippen LogP contribution in [0.5, 0.6) is 0 Å². The molecular formula is C27H42N4O4. The van der Waals surface area contributed by atoms with Gasteiger partial charge in [0.1, 0.15) is 5.69 Å². The number of aliphatic hydroxyl groups excluding tert-OH is 1. The molecule has 2 aliphatic carbocycles. The molecule has 194 valence electrons. The van der Waals surface area contributed by atoms with Crippen molar-refractivity contribution in [1.82, 2.24) is 20.5 Å². The molecule has 3 fully saturated rings. The monoisotopic (exact) mass is 486 g/mol. The standard InChI is InChI=1S/C27H42N4O4/c1-18(25(33)29-12-13-31-14-16-35-17-15-31)20-7-9-27(3)10-8-21(19(2)23(27)24(20)32)30-26(34)22-6-4-5-11-28-22/h4-6,11,18-21,23-24,32H,7-10,12-17H2,1-3H3,(H,29,33)(H,30,34)/t18-,19+,20+,21?,23?,24-,27?/m0/s1. The average molecular weight is 487 g/mol. The highest BCUT2D eigenvalue weighted by molar-refractivity contribution is 5.92. The second-order valence-electron chi connectivity index (χ2n) is 11.1. The Labute approximate surface area is 209 Å². The smallest absolute Gasteiger partial charge is 0.270 e. The minimum atomic E-state index is -0.571. The molecule has 1 aromatic heterocycles. The summed E-state index contributed by atoms with van der Waals surface area (Å²) >= 11 is 0. The van der Waals surface area contributed by atoms with Crippen LogP contribution in [0.3, 0.4) is 0 Å². The number of aromatic nitrogens is 1. The number of pyridine rings is 1. The first-order valence-electron chi connectivity index (χ1n) is 13.3. The maximum atomic E-state index is 13.0. The lowest BCUT2D eigenvalue weighted by atomic mass is 9.51. The van der Waals surface area contributed by atoms with Crippen molar-refractivity contribution in [2.45, 2.75) is 58.6 Å². The van der Waals surface area contributed by atoms with Crippen LogP contribution >= 0.6 is 0 Å². The number of carbonyl (C=O) groups is 2. The molecule has 3 N–H and O–H groups in total. The fraction of sp³-hybridized carbons (Fsp3) is 0.741. The summed E-state index contributed by atoms with van der Waals surface area (Å²) in [4.78, 5) is 32.2. The Morgan fingerprint density at radius 1 is 1.26 bits per heavy atom. The molecule has 0 bridgehead atoms. The van der Waals surface area contributed by atoms with Crippen molar-refractivity contribution < 1.29 is 19.4 Å². The summed E-state index contributed by atoms with van der Waals surface area (Å²) in [6.45, 7) is 11.1. The van der Waals surface area contributed by atoms with Crippen LogP contribution in [0.25, 0.3) is 0 Å². The van der Waals surface area contributed by atoms with Crippen LogP contribution in [0.15, 0.2) is 24.4 Å². The van der Waals surface area contributed by atoms with E-state index in [-0.39, 0.29) is 46.9 Å². The van der Waals surface area contributed by atoms with Crippen LogP contribution in [0, 0.1) is 29.1 Å². The Bertz CT molecular complexity index is 862. The second kappa shape index (κ2) is 11.4. The van der Waals surface area contributed by atoms with E-state index in [2.05, 4.69) is 34.4 Å². The number of carbonyl (C=O) groups excluding carboxylic acids is 2. The zero-order chi connectivity index (χ0) is 25.0. The van der Waals surface area contributed by atoms with Gasteiger partial charge < -0.3 is 20.5 Å². The van der Waals surface area contributed by atoms with Gasteiger partial charge >= 0.3 is 0 Å². The van der Waals surface area contributed by atoms with E-state index < -0.39 is 6.10 Å². The fourth-order valence-electron chi connectivity index (χ4n) is 6.75. The quantitative estimate of drug-likeness (QED) is 0.545. The van der Waals surface area contributed by atoms with Gasteiger partial charge in [-0.3, -0.25) is 19.5 Å². The Balaban J connectivity index is 1.36. The van der Waals surface area contributed by atoms with Crippen LogP contribution in [0.4, 0.5) is 0 Å². The van der Waals surface area contributed by atoms with E-state index in [0.29, 0.717) is 12.2 Å². The first-order valence-corrected chi connectivity index (χ1v) is 13.3. The number of nitrogens with one attached hydrogen (secondary N) is 2. The molecule has 8 nitrogen and oxygen atoms in total. The van der Waals surface area contributed by atoms with Gasteiger partial charge in [-0.25, -0.2) is 0 Å². The summed E-state index contributed by atoms with van der Waals surface area (Å²) in [5.74, 6) is -0.335. The highest BCUT2D eigenvalue weighted by Crippen LogP contribution is 2.55. The fourth-order valence-corrected chi connectivity index (χ4v) is 6.75. The normalized spacial score (nSPS) is 34.5. The molecule has 7 atom stereocenters. The maximum Gasteiger partial charge on any atom is 0.270 e. The predicted molar refractivity (Wildman–Crippen MR) is 134 cm³/mol. The van der Waals surface area contributed by atoms with E-state index in [9.17, 15) is 14.7 Å². The summed E-state index contributed by atoms with van der Waals surface area (Å²) in [5, 5.41) is 17.9. The largest absolute Gasteiger partial charge is 0.392 e. The Morgan fingerprint density at radius 3 is 2.71 bits per heavy atom. The third-order valence-electron chi connectivity index (χ3n) is 8.99. The molecule has 4 rings (SSSR count). The third-order valence-corrected chi connectivity index (χ3v) is 8.99. The summed E-state index contributed by atoms with van der Waals surface area (Å²) in [6.07, 6.45) is 4.75.